The molecule has 0 aliphatic carbocycles. The lowest BCUT2D eigenvalue weighted by Crippen LogP contribution is -2.33. The van der Waals surface area contributed by atoms with E-state index in [0.29, 0.717) is 21.6 Å². The van der Waals surface area contributed by atoms with Crippen molar-refractivity contribution in [3.63, 3.8) is 0 Å². The Kier molecular flexibility index (Phi) is 4.53. The Bertz CT molecular complexity index is 975. The zero-order chi connectivity index (χ0) is 18.7. The van der Waals surface area contributed by atoms with Gasteiger partial charge in [0.25, 0.3) is 0 Å². The third-order valence-corrected chi connectivity index (χ3v) is 3.50. The Labute approximate surface area is 145 Å². The number of rotatable bonds is 3. The Morgan fingerprint density at radius 2 is 1.77 bits per heavy atom. The maximum atomic E-state index is 12.8. The number of fused-ring (bicyclic) bond motifs is 1. The number of anilines is 2. The van der Waals surface area contributed by atoms with Gasteiger partial charge in [0.2, 0.25) is 6.41 Å². The summed E-state index contributed by atoms with van der Waals surface area (Å²) in [7, 11) is 0. The van der Waals surface area contributed by atoms with Gasteiger partial charge in [-0.2, -0.15) is 13.2 Å². The summed E-state index contributed by atoms with van der Waals surface area (Å²) in [5.41, 5.74) is 0.281. The van der Waals surface area contributed by atoms with Crippen LogP contribution in [0.5, 0.6) is 0 Å². The van der Waals surface area contributed by atoms with Crippen molar-refractivity contribution in [3.8, 4) is 0 Å². The first-order chi connectivity index (χ1) is 12.4. The normalized spacial score (nSPS) is 11.2. The number of benzene rings is 2. The molecule has 0 saturated heterocycles. The largest absolute Gasteiger partial charge is 0.416 e. The van der Waals surface area contributed by atoms with Gasteiger partial charge in [-0.15, -0.1) is 0 Å². The van der Waals surface area contributed by atoms with Gasteiger partial charge >= 0.3 is 12.2 Å². The van der Waals surface area contributed by atoms with Crippen LogP contribution in [0, 0.1) is 0 Å². The molecule has 0 aliphatic heterocycles. The Morgan fingerprint density at radius 3 is 2.46 bits per heavy atom. The summed E-state index contributed by atoms with van der Waals surface area (Å²) in [4.78, 5) is 32.3. The second-order valence-corrected chi connectivity index (χ2v) is 5.21. The van der Waals surface area contributed by atoms with Gasteiger partial charge < -0.3 is 5.32 Å². The minimum Gasteiger partial charge on any atom is -0.307 e. The molecule has 1 N–H and O–H groups in total. The fraction of sp³-hybridized carbons (Fsp3) is 0.0588. The van der Waals surface area contributed by atoms with Crippen molar-refractivity contribution in [3.05, 3.63) is 60.4 Å². The molecule has 0 radical (unpaired) electrons. The monoisotopic (exact) mass is 360 g/mol. The summed E-state index contributed by atoms with van der Waals surface area (Å²) in [6, 6.07) is 7.73. The second-order valence-electron chi connectivity index (χ2n) is 5.21. The molecule has 1 aromatic heterocycles. The van der Waals surface area contributed by atoms with Crippen LogP contribution in [0.2, 0.25) is 0 Å². The molecule has 0 spiro atoms. The topological polar surface area (TPSA) is 75.2 Å². The fourth-order valence-electron chi connectivity index (χ4n) is 2.28. The van der Waals surface area contributed by atoms with Crippen LogP contribution in [0.25, 0.3) is 11.0 Å². The fourth-order valence-corrected chi connectivity index (χ4v) is 2.28. The molecule has 2 aromatic carbocycles. The number of urea groups is 1. The van der Waals surface area contributed by atoms with E-state index in [1.54, 1.807) is 12.1 Å². The van der Waals surface area contributed by atoms with Crippen molar-refractivity contribution in [2.75, 3.05) is 10.2 Å². The molecule has 0 saturated carbocycles. The highest BCUT2D eigenvalue weighted by molar-refractivity contribution is 6.12. The number of aromatic nitrogens is 2. The van der Waals surface area contributed by atoms with E-state index in [2.05, 4.69) is 15.3 Å². The minimum absolute atomic E-state index is 0.145. The third kappa shape index (κ3) is 3.61. The molecule has 6 nitrogen and oxygen atoms in total. The zero-order valence-electron chi connectivity index (χ0n) is 13.1. The van der Waals surface area contributed by atoms with Crippen LogP contribution < -0.4 is 10.2 Å². The van der Waals surface area contributed by atoms with Crippen LogP contribution in [0.15, 0.2) is 54.9 Å². The molecule has 132 valence electrons. The average molecular weight is 360 g/mol. The zero-order valence-corrected chi connectivity index (χ0v) is 13.1. The lowest BCUT2D eigenvalue weighted by molar-refractivity contribution is -0.137. The van der Waals surface area contributed by atoms with E-state index in [9.17, 15) is 22.8 Å². The number of halogens is 3. The van der Waals surface area contributed by atoms with E-state index in [4.69, 9.17) is 0 Å². The van der Waals surface area contributed by atoms with E-state index in [-0.39, 0.29) is 12.1 Å². The van der Waals surface area contributed by atoms with E-state index in [0.717, 1.165) is 18.2 Å². The number of carbonyl (C=O) groups excluding carboxylic acids is 2. The summed E-state index contributed by atoms with van der Waals surface area (Å²) >= 11 is 0. The second kappa shape index (κ2) is 6.79. The highest BCUT2D eigenvalue weighted by atomic mass is 19.4. The Balaban J connectivity index is 1.85. The maximum absolute atomic E-state index is 12.8. The molecule has 3 aromatic rings. The third-order valence-electron chi connectivity index (χ3n) is 3.50. The van der Waals surface area contributed by atoms with E-state index < -0.39 is 17.8 Å². The summed E-state index contributed by atoms with van der Waals surface area (Å²) in [5.74, 6) is 0. The van der Waals surface area contributed by atoms with Gasteiger partial charge in [-0.25, -0.2) is 9.69 Å². The van der Waals surface area contributed by atoms with Gasteiger partial charge in [0.05, 0.1) is 22.3 Å². The molecular formula is C17H11F3N4O2. The standard InChI is InChI=1S/C17H11F3N4O2/c18-17(19,20)11-2-1-3-13(8-11)24(10-25)16(26)23-12-4-5-14-15(9-12)22-7-6-21-14/h1-10H,(H,23,26). The van der Waals surface area contributed by atoms with Crippen LogP contribution in [-0.2, 0) is 11.0 Å². The van der Waals surface area contributed by atoms with Gasteiger partial charge in [0.15, 0.2) is 0 Å². The smallest absolute Gasteiger partial charge is 0.307 e. The van der Waals surface area contributed by atoms with Crippen molar-refractivity contribution in [2.24, 2.45) is 0 Å². The highest BCUT2D eigenvalue weighted by Gasteiger charge is 2.31. The quantitative estimate of drug-likeness (QED) is 0.720. The lowest BCUT2D eigenvalue weighted by Gasteiger charge is -2.18. The summed E-state index contributed by atoms with van der Waals surface area (Å²) in [6.07, 6.45) is -1.44. The first-order valence-electron chi connectivity index (χ1n) is 7.32. The summed E-state index contributed by atoms with van der Waals surface area (Å²) < 4.78 is 38.4. The van der Waals surface area contributed by atoms with Gasteiger partial charge in [-0.05, 0) is 36.4 Å². The first-order valence-corrected chi connectivity index (χ1v) is 7.32. The van der Waals surface area contributed by atoms with E-state index in [1.807, 2.05) is 0 Å². The van der Waals surface area contributed by atoms with Gasteiger partial charge in [0.1, 0.15) is 0 Å². The van der Waals surface area contributed by atoms with Crippen molar-refractivity contribution < 1.29 is 22.8 Å². The number of alkyl halides is 3. The summed E-state index contributed by atoms with van der Waals surface area (Å²) in [5, 5.41) is 2.45. The van der Waals surface area contributed by atoms with E-state index >= 15 is 0 Å². The number of nitrogens with one attached hydrogen (secondary N) is 1. The van der Waals surface area contributed by atoms with Crippen molar-refractivity contribution >= 4 is 34.8 Å². The molecule has 0 fully saturated rings. The molecule has 1 heterocycles. The highest BCUT2D eigenvalue weighted by Crippen LogP contribution is 2.31. The first kappa shape index (κ1) is 17.3. The predicted octanol–water partition coefficient (Wildman–Crippen LogP) is 3.84. The molecule has 3 amide bonds. The van der Waals surface area contributed by atoms with Crippen molar-refractivity contribution in [1.29, 1.82) is 0 Å². The number of imide groups is 1. The molecule has 0 atom stereocenters. The molecule has 3 rings (SSSR count). The molecular weight excluding hydrogens is 349 g/mol. The average Bonchev–Trinajstić information content (AvgIpc) is 2.62. The number of hydrogen-bond donors (Lipinski definition) is 1. The SMILES string of the molecule is O=CN(C(=O)Nc1ccc2nccnc2c1)c1cccc(C(F)(F)F)c1. The predicted molar refractivity (Wildman–Crippen MR) is 88.5 cm³/mol. The van der Waals surface area contributed by atoms with Gasteiger partial charge in [-0.3, -0.25) is 14.8 Å². The molecule has 9 heteroatoms. The number of carbonyl (C=O) groups is 2. The Morgan fingerprint density at radius 1 is 1.04 bits per heavy atom. The molecule has 26 heavy (non-hydrogen) atoms. The Hall–Kier alpha value is -3.49. The van der Waals surface area contributed by atoms with Crippen LogP contribution in [0.3, 0.4) is 0 Å². The van der Waals surface area contributed by atoms with Gasteiger partial charge in [0, 0.05) is 18.1 Å². The minimum atomic E-state index is -4.59. The summed E-state index contributed by atoms with van der Waals surface area (Å²) in [6.45, 7) is 0. The maximum Gasteiger partial charge on any atom is 0.416 e. The van der Waals surface area contributed by atoms with Crippen LogP contribution >= 0.6 is 0 Å². The molecule has 0 aliphatic rings. The number of amides is 3. The van der Waals surface area contributed by atoms with Crippen LogP contribution in [0.4, 0.5) is 29.3 Å². The number of nitrogens with zero attached hydrogens (tertiary/aromatic N) is 3. The van der Waals surface area contributed by atoms with Crippen molar-refractivity contribution in [1.82, 2.24) is 9.97 Å². The van der Waals surface area contributed by atoms with Crippen molar-refractivity contribution in [2.45, 2.75) is 6.18 Å². The van der Waals surface area contributed by atoms with E-state index in [1.165, 1.54) is 24.5 Å². The van der Waals surface area contributed by atoms with Gasteiger partial charge in [-0.1, -0.05) is 6.07 Å². The lowest BCUT2D eigenvalue weighted by atomic mass is 10.2. The number of hydrogen-bond acceptors (Lipinski definition) is 4. The van der Waals surface area contributed by atoms with Crippen LogP contribution in [-0.4, -0.2) is 22.4 Å². The molecule has 0 unspecified atom stereocenters. The molecule has 0 bridgehead atoms. The van der Waals surface area contributed by atoms with Crippen LogP contribution in [0.1, 0.15) is 5.56 Å².